The van der Waals surface area contributed by atoms with Gasteiger partial charge in [-0.15, -0.1) is 0 Å². The van der Waals surface area contributed by atoms with Gasteiger partial charge in [-0.1, -0.05) is 0 Å². The number of nitrogen functional groups attached to an aromatic ring is 1. The van der Waals surface area contributed by atoms with Crippen LogP contribution >= 0.6 is 0 Å². The number of ether oxygens (including phenoxy) is 1. The van der Waals surface area contributed by atoms with Crippen molar-refractivity contribution < 1.29 is 4.74 Å². The SMILES string of the molecule is Nc1cnccc1[C@H]1CCCCO1. The van der Waals surface area contributed by atoms with Crippen molar-refractivity contribution in [1.82, 2.24) is 4.98 Å². The number of aromatic nitrogens is 1. The molecule has 1 saturated heterocycles. The van der Waals surface area contributed by atoms with Crippen LogP contribution in [0.3, 0.4) is 0 Å². The molecule has 0 aliphatic carbocycles. The monoisotopic (exact) mass is 178 g/mol. The van der Waals surface area contributed by atoms with Crippen LogP contribution in [0.5, 0.6) is 0 Å². The summed E-state index contributed by atoms with van der Waals surface area (Å²) < 4.78 is 5.64. The van der Waals surface area contributed by atoms with Gasteiger partial charge in [-0.05, 0) is 25.3 Å². The Balaban J connectivity index is 2.18. The number of nitrogens with two attached hydrogens (primary N) is 1. The van der Waals surface area contributed by atoms with Crippen molar-refractivity contribution in [2.24, 2.45) is 0 Å². The Morgan fingerprint density at radius 1 is 1.46 bits per heavy atom. The van der Waals surface area contributed by atoms with Gasteiger partial charge >= 0.3 is 0 Å². The van der Waals surface area contributed by atoms with E-state index < -0.39 is 0 Å². The zero-order valence-electron chi connectivity index (χ0n) is 7.57. The lowest BCUT2D eigenvalue weighted by Gasteiger charge is -2.23. The lowest BCUT2D eigenvalue weighted by atomic mass is 10.0. The molecule has 1 aliphatic heterocycles. The van der Waals surface area contributed by atoms with E-state index in [0.29, 0.717) is 0 Å². The van der Waals surface area contributed by atoms with Gasteiger partial charge in [0.1, 0.15) is 0 Å². The van der Waals surface area contributed by atoms with Gasteiger partial charge in [0, 0.05) is 18.4 Å². The number of rotatable bonds is 1. The van der Waals surface area contributed by atoms with Crippen LogP contribution in [0, 0.1) is 0 Å². The van der Waals surface area contributed by atoms with Crippen LogP contribution in [-0.2, 0) is 4.74 Å². The Bertz CT molecular complexity index is 282. The van der Waals surface area contributed by atoms with Crippen molar-refractivity contribution in [3.8, 4) is 0 Å². The summed E-state index contributed by atoms with van der Waals surface area (Å²) in [4.78, 5) is 3.96. The second-order valence-corrected chi connectivity index (χ2v) is 3.36. The van der Waals surface area contributed by atoms with Gasteiger partial charge in [-0.2, -0.15) is 0 Å². The molecule has 1 aromatic rings. The molecular formula is C10H14N2O. The van der Waals surface area contributed by atoms with Gasteiger partial charge in [-0.25, -0.2) is 0 Å². The molecule has 1 atom stereocenters. The number of nitrogens with zero attached hydrogens (tertiary/aromatic N) is 1. The molecule has 2 rings (SSSR count). The lowest BCUT2D eigenvalue weighted by molar-refractivity contribution is 0.0154. The zero-order chi connectivity index (χ0) is 9.10. The highest BCUT2D eigenvalue weighted by Gasteiger charge is 2.17. The smallest absolute Gasteiger partial charge is 0.0845 e. The quantitative estimate of drug-likeness (QED) is 0.714. The number of hydrogen-bond donors (Lipinski definition) is 1. The van der Waals surface area contributed by atoms with Crippen LogP contribution in [0.2, 0.25) is 0 Å². The zero-order valence-corrected chi connectivity index (χ0v) is 7.57. The molecule has 0 unspecified atom stereocenters. The minimum Gasteiger partial charge on any atom is -0.397 e. The molecule has 2 N–H and O–H groups in total. The van der Waals surface area contributed by atoms with E-state index in [1.165, 1.54) is 12.8 Å². The van der Waals surface area contributed by atoms with E-state index in [0.717, 1.165) is 24.3 Å². The van der Waals surface area contributed by atoms with Gasteiger partial charge in [0.15, 0.2) is 0 Å². The largest absolute Gasteiger partial charge is 0.397 e. The van der Waals surface area contributed by atoms with Crippen LogP contribution in [0.25, 0.3) is 0 Å². The Kier molecular flexibility index (Phi) is 2.45. The summed E-state index contributed by atoms with van der Waals surface area (Å²) in [5, 5.41) is 0. The van der Waals surface area contributed by atoms with E-state index in [9.17, 15) is 0 Å². The third-order valence-electron chi connectivity index (χ3n) is 2.41. The first-order chi connectivity index (χ1) is 6.38. The second-order valence-electron chi connectivity index (χ2n) is 3.36. The molecule has 0 amide bonds. The molecule has 3 heteroatoms. The highest BCUT2D eigenvalue weighted by Crippen LogP contribution is 2.30. The molecule has 1 aromatic heterocycles. The van der Waals surface area contributed by atoms with E-state index in [1.54, 1.807) is 12.4 Å². The van der Waals surface area contributed by atoms with Gasteiger partial charge in [-0.3, -0.25) is 4.98 Å². The lowest BCUT2D eigenvalue weighted by Crippen LogP contribution is -2.13. The van der Waals surface area contributed by atoms with Crippen LogP contribution in [0.15, 0.2) is 18.5 Å². The van der Waals surface area contributed by atoms with Crippen molar-refractivity contribution in [3.63, 3.8) is 0 Å². The van der Waals surface area contributed by atoms with Crippen molar-refractivity contribution in [3.05, 3.63) is 24.0 Å². The fraction of sp³-hybridized carbons (Fsp3) is 0.500. The first-order valence-corrected chi connectivity index (χ1v) is 4.69. The van der Waals surface area contributed by atoms with Crippen molar-refractivity contribution in [2.75, 3.05) is 12.3 Å². The van der Waals surface area contributed by atoms with Crippen LogP contribution in [0.4, 0.5) is 5.69 Å². The first-order valence-electron chi connectivity index (χ1n) is 4.69. The maximum atomic E-state index is 5.81. The molecule has 2 heterocycles. The number of anilines is 1. The molecule has 0 radical (unpaired) electrons. The highest BCUT2D eigenvalue weighted by molar-refractivity contribution is 5.45. The minimum absolute atomic E-state index is 0.191. The third kappa shape index (κ3) is 1.80. The summed E-state index contributed by atoms with van der Waals surface area (Å²) in [6.07, 6.45) is 7.12. The first kappa shape index (κ1) is 8.51. The highest BCUT2D eigenvalue weighted by atomic mass is 16.5. The molecule has 0 bridgehead atoms. The fourth-order valence-electron chi connectivity index (χ4n) is 1.70. The Hall–Kier alpha value is -1.09. The maximum absolute atomic E-state index is 5.81. The van der Waals surface area contributed by atoms with E-state index in [-0.39, 0.29) is 6.10 Å². The second kappa shape index (κ2) is 3.75. The maximum Gasteiger partial charge on any atom is 0.0845 e. The molecule has 0 saturated carbocycles. The van der Waals surface area contributed by atoms with Crippen molar-refractivity contribution in [2.45, 2.75) is 25.4 Å². The molecule has 13 heavy (non-hydrogen) atoms. The average molecular weight is 178 g/mol. The van der Waals surface area contributed by atoms with E-state index in [2.05, 4.69) is 4.98 Å². The number of hydrogen-bond acceptors (Lipinski definition) is 3. The molecule has 1 aliphatic rings. The van der Waals surface area contributed by atoms with E-state index >= 15 is 0 Å². The summed E-state index contributed by atoms with van der Waals surface area (Å²) in [6, 6.07) is 1.95. The number of pyridine rings is 1. The predicted octanol–water partition coefficient (Wildman–Crippen LogP) is 1.91. The Morgan fingerprint density at radius 3 is 3.08 bits per heavy atom. The third-order valence-corrected chi connectivity index (χ3v) is 2.41. The van der Waals surface area contributed by atoms with Gasteiger partial charge < -0.3 is 10.5 Å². The Morgan fingerprint density at radius 2 is 2.38 bits per heavy atom. The molecular weight excluding hydrogens is 164 g/mol. The standard InChI is InChI=1S/C10H14N2O/c11-9-7-12-5-4-8(9)10-3-1-2-6-13-10/h4-5,7,10H,1-3,6,11H2/t10-/m1/s1. The summed E-state index contributed by atoms with van der Waals surface area (Å²) in [5.74, 6) is 0. The average Bonchev–Trinajstić information content (AvgIpc) is 2.20. The summed E-state index contributed by atoms with van der Waals surface area (Å²) in [5.41, 5.74) is 7.65. The summed E-state index contributed by atoms with van der Waals surface area (Å²) in [6.45, 7) is 0.854. The van der Waals surface area contributed by atoms with Gasteiger partial charge in [0.25, 0.3) is 0 Å². The van der Waals surface area contributed by atoms with Gasteiger partial charge in [0.05, 0.1) is 18.0 Å². The van der Waals surface area contributed by atoms with Crippen molar-refractivity contribution in [1.29, 1.82) is 0 Å². The van der Waals surface area contributed by atoms with E-state index in [1.807, 2.05) is 6.07 Å². The normalized spacial score (nSPS) is 22.9. The molecule has 1 fully saturated rings. The molecule has 70 valence electrons. The summed E-state index contributed by atoms with van der Waals surface area (Å²) in [7, 11) is 0. The van der Waals surface area contributed by atoms with Crippen molar-refractivity contribution >= 4 is 5.69 Å². The van der Waals surface area contributed by atoms with Crippen LogP contribution < -0.4 is 5.73 Å². The topological polar surface area (TPSA) is 48.1 Å². The predicted molar refractivity (Wildman–Crippen MR) is 51.2 cm³/mol. The molecule has 0 spiro atoms. The minimum atomic E-state index is 0.191. The van der Waals surface area contributed by atoms with Crippen LogP contribution in [0.1, 0.15) is 30.9 Å². The Labute approximate surface area is 77.9 Å². The van der Waals surface area contributed by atoms with E-state index in [4.69, 9.17) is 10.5 Å². The summed E-state index contributed by atoms with van der Waals surface area (Å²) >= 11 is 0. The fourth-order valence-corrected chi connectivity index (χ4v) is 1.70. The van der Waals surface area contributed by atoms with Gasteiger partial charge in [0.2, 0.25) is 0 Å². The molecule has 0 aromatic carbocycles. The molecule has 3 nitrogen and oxygen atoms in total. The van der Waals surface area contributed by atoms with Crippen LogP contribution in [-0.4, -0.2) is 11.6 Å².